The van der Waals surface area contributed by atoms with Crippen molar-refractivity contribution in [2.45, 2.75) is 6.54 Å². The molecule has 138 valence electrons. The second kappa shape index (κ2) is 6.91. The third kappa shape index (κ3) is 3.12. The van der Waals surface area contributed by atoms with Gasteiger partial charge in [-0.3, -0.25) is 14.5 Å². The van der Waals surface area contributed by atoms with Crippen molar-refractivity contribution in [3.63, 3.8) is 0 Å². The van der Waals surface area contributed by atoms with Crippen LogP contribution < -0.4 is 5.32 Å². The van der Waals surface area contributed by atoms with Gasteiger partial charge in [-0.2, -0.15) is 0 Å². The number of methoxy groups -OCH3 is 1. The van der Waals surface area contributed by atoms with Crippen LogP contribution in [0.3, 0.4) is 0 Å². The minimum Gasteiger partial charge on any atom is -0.464 e. The molecule has 3 rings (SSSR count). The third-order valence-corrected chi connectivity index (χ3v) is 4.34. The van der Waals surface area contributed by atoms with E-state index in [2.05, 4.69) is 28.2 Å². The Bertz CT molecular complexity index is 989. The molecular weight excluding hydrogens is 348 g/mol. The maximum Gasteiger partial charge on any atom is 0.353 e. The van der Waals surface area contributed by atoms with Crippen LogP contribution in [0.25, 0.3) is 11.3 Å². The van der Waals surface area contributed by atoms with Crippen LogP contribution in [-0.4, -0.2) is 39.3 Å². The summed E-state index contributed by atoms with van der Waals surface area (Å²) >= 11 is 0. The summed E-state index contributed by atoms with van der Waals surface area (Å²) in [6.07, 6.45) is 3.39. The standard InChI is InChI=1S/C19H18N4O4/c1-11(19(26)27-4)21-17(24)12(2)23-9-15-13(16-8-20-10-22(16)3)6-5-7-14(15)18(23)25/h5-8,10H,1-2,9H2,3-4H3,(H,21,24). The Labute approximate surface area is 155 Å². The van der Waals surface area contributed by atoms with Gasteiger partial charge >= 0.3 is 5.97 Å². The van der Waals surface area contributed by atoms with Crippen molar-refractivity contribution < 1.29 is 19.1 Å². The molecular formula is C19H18N4O4. The first kappa shape index (κ1) is 18.1. The van der Waals surface area contributed by atoms with Gasteiger partial charge < -0.3 is 14.6 Å². The first-order valence-corrected chi connectivity index (χ1v) is 8.03. The number of amides is 2. The van der Waals surface area contributed by atoms with Gasteiger partial charge in [0.05, 0.1) is 31.9 Å². The molecule has 8 nitrogen and oxygen atoms in total. The summed E-state index contributed by atoms with van der Waals surface area (Å²) in [7, 11) is 3.04. The fourth-order valence-electron chi connectivity index (χ4n) is 2.91. The summed E-state index contributed by atoms with van der Waals surface area (Å²) in [5.41, 5.74) is 2.67. The highest BCUT2D eigenvalue weighted by atomic mass is 16.5. The molecule has 27 heavy (non-hydrogen) atoms. The van der Waals surface area contributed by atoms with Crippen LogP contribution in [0, 0.1) is 0 Å². The lowest BCUT2D eigenvalue weighted by Gasteiger charge is -2.18. The molecule has 0 bridgehead atoms. The van der Waals surface area contributed by atoms with Crippen molar-refractivity contribution in [1.82, 2.24) is 19.8 Å². The highest BCUT2D eigenvalue weighted by Crippen LogP contribution is 2.33. The second-order valence-electron chi connectivity index (χ2n) is 5.98. The molecule has 1 aliphatic heterocycles. The Morgan fingerprint density at radius 1 is 1.26 bits per heavy atom. The first-order valence-electron chi connectivity index (χ1n) is 8.03. The van der Waals surface area contributed by atoms with Gasteiger partial charge in [-0.15, -0.1) is 0 Å². The van der Waals surface area contributed by atoms with Gasteiger partial charge in [0.25, 0.3) is 11.8 Å². The van der Waals surface area contributed by atoms with Crippen molar-refractivity contribution >= 4 is 17.8 Å². The van der Waals surface area contributed by atoms with Crippen LogP contribution >= 0.6 is 0 Å². The molecule has 8 heteroatoms. The summed E-state index contributed by atoms with van der Waals surface area (Å²) in [4.78, 5) is 41.9. The summed E-state index contributed by atoms with van der Waals surface area (Å²) in [5, 5.41) is 2.29. The predicted octanol–water partition coefficient (Wildman–Crippen LogP) is 1.36. The van der Waals surface area contributed by atoms with Gasteiger partial charge in [0, 0.05) is 18.2 Å². The smallest absolute Gasteiger partial charge is 0.353 e. The van der Waals surface area contributed by atoms with Gasteiger partial charge in [0.1, 0.15) is 11.4 Å². The lowest BCUT2D eigenvalue weighted by molar-refractivity contribution is -0.137. The van der Waals surface area contributed by atoms with Gasteiger partial charge in [-0.1, -0.05) is 25.3 Å². The topological polar surface area (TPSA) is 93.5 Å². The largest absolute Gasteiger partial charge is 0.464 e. The molecule has 0 unspecified atom stereocenters. The van der Waals surface area contributed by atoms with Crippen molar-refractivity contribution in [2.24, 2.45) is 7.05 Å². The number of aryl methyl sites for hydroxylation is 1. The van der Waals surface area contributed by atoms with Crippen molar-refractivity contribution in [3.8, 4) is 11.3 Å². The number of carbonyl (C=O) groups excluding carboxylic acids is 3. The van der Waals surface area contributed by atoms with E-state index in [4.69, 9.17) is 0 Å². The van der Waals surface area contributed by atoms with Gasteiger partial charge in [0.2, 0.25) is 0 Å². The number of hydrogen-bond acceptors (Lipinski definition) is 5. The number of hydrogen-bond donors (Lipinski definition) is 1. The van der Waals surface area contributed by atoms with Crippen LogP contribution in [-0.2, 0) is 27.9 Å². The molecule has 2 aromatic rings. The zero-order valence-electron chi connectivity index (χ0n) is 15.0. The zero-order chi connectivity index (χ0) is 19.7. The normalized spacial score (nSPS) is 12.5. The minimum atomic E-state index is -0.773. The van der Waals surface area contributed by atoms with Crippen LogP contribution in [0.4, 0.5) is 0 Å². The number of fused-ring (bicyclic) bond motifs is 1. The van der Waals surface area contributed by atoms with E-state index < -0.39 is 11.9 Å². The number of aromatic nitrogens is 2. The average molecular weight is 366 g/mol. The fraction of sp³-hybridized carbons (Fsp3) is 0.158. The summed E-state index contributed by atoms with van der Waals surface area (Å²) in [5.74, 6) is -1.81. The zero-order valence-corrected chi connectivity index (χ0v) is 15.0. The van der Waals surface area contributed by atoms with E-state index in [9.17, 15) is 14.4 Å². The monoisotopic (exact) mass is 366 g/mol. The number of esters is 1. The predicted molar refractivity (Wildman–Crippen MR) is 97.0 cm³/mol. The maximum atomic E-state index is 12.8. The molecule has 0 aliphatic carbocycles. The molecule has 0 radical (unpaired) electrons. The molecule has 0 saturated carbocycles. The van der Waals surface area contributed by atoms with Gasteiger partial charge in [-0.05, 0) is 11.6 Å². The second-order valence-corrected chi connectivity index (χ2v) is 5.98. The van der Waals surface area contributed by atoms with Crippen LogP contribution in [0.5, 0.6) is 0 Å². The Kier molecular flexibility index (Phi) is 4.64. The molecule has 1 N–H and O–H groups in total. The SMILES string of the molecule is C=C(NC(=O)C(=C)N1Cc2c(cccc2-c2cncn2C)C1=O)C(=O)OC. The number of rotatable bonds is 5. The molecule has 2 heterocycles. The highest BCUT2D eigenvalue weighted by molar-refractivity contribution is 6.07. The van der Waals surface area contributed by atoms with Crippen molar-refractivity contribution in [1.29, 1.82) is 0 Å². The fourth-order valence-corrected chi connectivity index (χ4v) is 2.91. The lowest BCUT2D eigenvalue weighted by atomic mass is 10.0. The molecule has 0 saturated heterocycles. The molecule has 2 amide bonds. The van der Waals surface area contributed by atoms with E-state index in [1.807, 2.05) is 17.7 Å². The number of benzene rings is 1. The molecule has 1 aromatic carbocycles. The summed E-state index contributed by atoms with van der Waals surface area (Å²) in [6, 6.07) is 5.38. The molecule has 1 aromatic heterocycles. The first-order chi connectivity index (χ1) is 12.8. The Morgan fingerprint density at radius 3 is 2.59 bits per heavy atom. The average Bonchev–Trinajstić information content (AvgIpc) is 3.23. The lowest BCUT2D eigenvalue weighted by Crippen LogP contribution is -2.36. The Morgan fingerprint density at radius 2 is 1.96 bits per heavy atom. The Hall–Kier alpha value is -3.68. The van der Waals surface area contributed by atoms with E-state index in [-0.39, 0.29) is 23.8 Å². The van der Waals surface area contributed by atoms with Crippen molar-refractivity contribution in [3.05, 3.63) is 66.4 Å². The molecule has 0 spiro atoms. The third-order valence-electron chi connectivity index (χ3n) is 4.34. The number of carbonyl (C=O) groups is 3. The summed E-state index contributed by atoms with van der Waals surface area (Å²) < 4.78 is 6.34. The van der Waals surface area contributed by atoms with Crippen LogP contribution in [0.2, 0.25) is 0 Å². The van der Waals surface area contributed by atoms with Gasteiger partial charge in [0.15, 0.2) is 0 Å². The van der Waals surface area contributed by atoms with Gasteiger partial charge in [-0.25, -0.2) is 9.78 Å². The Balaban J connectivity index is 1.86. The molecule has 0 fully saturated rings. The van der Waals surface area contributed by atoms with Crippen LogP contribution in [0.1, 0.15) is 15.9 Å². The molecule has 1 aliphatic rings. The summed E-state index contributed by atoms with van der Waals surface area (Å²) in [6.45, 7) is 7.32. The quantitative estimate of drug-likeness (QED) is 0.637. The highest BCUT2D eigenvalue weighted by Gasteiger charge is 2.34. The number of imidazole rings is 1. The number of nitrogens with zero attached hydrogens (tertiary/aromatic N) is 3. The van der Waals surface area contributed by atoms with Crippen LogP contribution in [0.15, 0.2) is 55.3 Å². The van der Waals surface area contributed by atoms with E-state index in [1.54, 1.807) is 24.7 Å². The van der Waals surface area contributed by atoms with E-state index in [0.29, 0.717) is 5.56 Å². The van der Waals surface area contributed by atoms with E-state index >= 15 is 0 Å². The van der Waals surface area contributed by atoms with Crippen molar-refractivity contribution in [2.75, 3.05) is 7.11 Å². The number of ether oxygens (including phenoxy) is 1. The number of nitrogens with one attached hydrogen (secondary N) is 1. The van der Waals surface area contributed by atoms with E-state index in [0.717, 1.165) is 16.8 Å². The maximum absolute atomic E-state index is 12.8. The minimum absolute atomic E-state index is 0.0859. The molecule has 0 atom stereocenters. The van der Waals surface area contributed by atoms with E-state index in [1.165, 1.54) is 12.0 Å².